The first-order valence-electron chi connectivity index (χ1n) is 11.0. The molecule has 0 heterocycles. The number of aliphatic hydroxyl groups excluding tert-OH is 1. The minimum absolute atomic E-state index is 0.0885. The second kappa shape index (κ2) is 14.0. The van der Waals surface area contributed by atoms with E-state index in [-0.39, 0.29) is 23.5 Å². The number of aliphatic hydroxyl groups is 1. The lowest BCUT2D eigenvalue weighted by Crippen LogP contribution is -2.26. The topological polar surface area (TPSA) is 72.8 Å². The third-order valence-electron chi connectivity index (χ3n) is 5.37. The van der Waals surface area contributed by atoms with Crippen LogP contribution in [-0.4, -0.2) is 36.4 Å². The molecule has 0 aromatic carbocycles. The van der Waals surface area contributed by atoms with E-state index in [0.717, 1.165) is 57.8 Å². The molecular weight excluding hydrogens is 356 g/mol. The van der Waals surface area contributed by atoms with Gasteiger partial charge in [-0.1, -0.05) is 39.5 Å². The smallest absolute Gasteiger partial charge is 0.311 e. The molecule has 0 radical (unpaired) electrons. The Kier molecular flexibility index (Phi) is 13.4. The van der Waals surface area contributed by atoms with Crippen molar-refractivity contribution in [2.24, 2.45) is 10.8 Å². The molecule has 0 amide bonds. The standard InChI is InChI=1S/C23H44O5/c1-7-27-20(25)15-18-22(3,4)16-12-14-19(24)13-10-9-11-17-23(5,6)21(26)28-8-2/h19,24H,7-18H2,1-6H3. The molecule has 1 atom stereocenters. The second-order valence-corrected chi connectivity index (χ2v) is 9.22. The van der Waals surface area contributed by atoms with Crippen molar-refractivity contribution in [1.29, 1.82) is 0 Å². The Morgan fingerprint density at radius 1 is 0.821 bits per heavy atom. The van der Waals surface area contributed by atoms with Crippen molar-refractivity contribution in [3.05, 3.63) is 0 Å². The summed E-state index contributed by atoms with van der Waals surface area (Å²) in [5.41, 5.74) is -0.338. The highest BCUT2D eigenvalue weighted by Crippen LogP contribution is 2.30. The second-order valence-electron chi connectivity index (χ2n) is 9.22. The predicted molar refractivity (Wildman–Crippen MR) is 113 cm³/mol. The van der Waals surface area contributed by atoms with Gasteiger partial charge in [-0.25, -0.2) is 0 Å². The van der Waals surface area contributed by atoms with Crippen molar-refractivity contribution in [2.45, 2.75) is 112 Å². The van der Waals surface area contributed by atoms with Crippen molar-refractivity contribution in [3.63, 3.8) is 0 Å². The van der Waals surface area contributed by atoms with E-state index in [2.05, 4.69) is 13.8 Å². The van der Waals surface area contributed by atoms with Crippen LogP contribution < -0.4 is 0 Å². The molecule has 0 bridgehead atoms. The summed E-state index contributed by atoms with van der Waals surface area (Å²) in [6.07, 6.45) is 8.38. The molecule has 1 N–H and O–H groups in total. The predicted octanol–water partition coefficient (Wildman–Crippen LogP) is 5.43. The van der Waals surface area contributed by atoms with Crippen LogP contribution in [0.1, 0.15) is 106 Å². The number of unbranched alkanes of at least 4 members (excludes halogenated alkanes) is 2. The molecule has 0 aliphatic carbocycles. The number of hydrogen-bond acceptors (Lipinski definition) is 5. The van der Waals surface area contributed by atoms with Crippen LogP contribution in [0.15, 0.2) is 0 Å². The van der Waals surface area contributed by atoms with Gasteiger partial charge >= 0.3 is 11.9 Å². The van der Waals surface area contributed by atoms with E-state index < -0.39 is 5.41 Å². The molecule has 166 valence electrons. The molecule has 0 fully saturated rings. The van der Waals surface area contributed by atoms with E-state index in [0.29, 0.717) is 19.6 Å². The molecule has 0 saturated carbocycles. The first-order chi connectivity index (χ1) is 13.0. The van der Waals surface area contributed by atoms with E-state index in [1.807, 2.05) is 27.7 Å². The Labute approximate surface area is 172 Å². The highest BCUT2D eigenvalue weighted by atomic mass is 16.5. The zero-order valence-corrected chi connectivity index (χ0v) is 19.1. The molecule has 28 heavy (non-hydrogen) atoms. The maximum atomic E-state index is 11.9. The Morgan fingerprint density at radius 3 is 2.04 bits per heavy atom. The third kappa shape index (κ3) is 13.1. The average Bonchev–Trinajstić information content (AvgIpc) is 2.60. The fourth-order valence-electron chi connectivity index (χ4n) is 3.31. The minimum Gasteiger partial charge on any atom is -0.466 e. The first kappa shape index (κ1) is 26.9. The van der Waals surface area contributed by atoms with E-state index >= 15 is 0 Å². The molecule has 0 aliphatic heterocycles. The number of carbonyl (C=O) groups is 2. The van der Waals surface area contributed by atoms with Crippen molar-refractivity contribution in [1.82, 2.24) is 0 Å². The van der Waals surface area contributed by atoms with Gasteiger partial charge in [-0.3, -0.25) is 9.59 Å². The molecule has 0 saturated heterocycles. The summed E-state index contributed by atoms with van der Waals surface area (Å²) in [4.78, 5) is 23.4. The van der Waals surface area contributed by atoms with Crippen LogP contribution >= 0.6 is 0 Å². The van der Waals surface area contributed by atoms with Crippen LogP contribution in [-0.2, 0) is 19.1 Å². The van der Waals surface area contributed by atoms with Gasteiger partial charge in [0.1, 0.15) is 0 Å². The number of hydrogen-bond donors (Lipinski definition) is 1. The van der Waals surface area contributed by atoms with E-state index in [9.17, 15) is 14.7 Å². The zero-order chi connectivity index (χ0) is 21.6. The van der Waals surface area contributed by atoms with Crippen molar-refractivity contribution < 1.29 is 24.2 Å². The van der Waals surface area contributed by atoms with Gasteiger partial charge in [0.05, 0.1) is 24.7 Å². The summed E-state index contributed by atoms with van der Waals surface area (Å²) in [5.74, 6) is -0.248. The molecule has 0 aliphatic rings. The Balaban J connectivity index is 3.86. The largest absolute Gasteiger partial charge is 0.466 e. The molecule has 5 heteroatoms. The third-order valence-corrected chi connectivity index (χ3v) is 5.37. The Hall–Kier alpha value is -1.10. The van der Waals surface area contributed by atoms with Gasteiger partial charge in [-0.2, -0.15) is 0 Å². The van der Waals surface area contributed by atoms with Crippen molar-refractivity contribution in [3.8, 4) is 0 Å². The summed E-state index contributed by atoms with van der Waals surface area (Å²) in [6.45, 7) is 12.7. The number of carbonyl (C=O) groups excluding carboxylic acids is 2. The minimum atomic E-state index is -0.427. The number of ether oxygens (including phenoxy) is 2. The van der Waals surface area contributed by atoms with Crippen LogP contribution in [0.4, 0.5) is 0 Å². The highest BCUT2D eigenvalue weighted by molar-refractivity contribution is 5.75. The molecule has 0 aromatic heterocycles. The van der Waals surface area contributed by atoms with Gasteiger partial charge in [0.2, 0.25) is 0 Å². The molecule has 0 rings (SSSR count). The van der Waals surface area contributed by atoms with Crippen LogP contribution in [0, 0.1) is 10.8 Å². The monoisotopic (exact) mass is 400 g/mol. The summed E-state index contributed by atoms with van der Waals surface area (Å²) < 4.78 is 10.1. The lowest BCUT2D eigenvalue weighted by Gasteiger charge is -2.24. The summed E-state index contributed by atoms with van der Waals surface area (Å²) in [6, 6.07) is 0. The maximum Gasteiger partial charge on any atom is 0.311 e. The fourth-order valence-corrected chi connectivity index (χ4v) is 3.31. The van der Waals surface area contributed by atoms with E-state index in [1.165, 1.54) is 0 Å². The normalized spacial score (nSPS) is 13.2. The maximum absolute atomic E-state index is 11.9. The fraction of sp³-hybridized carbons (Fsp3) is 0.913. The molecule has 1 unspecified atom stereocenters. The van der Waals surface area contributed by atoms with Crippen LogP contribution in [0.2, 0.25) is 0 Å². The lowest BCUT2D eigenvalue weighted by atomic mass is 9.82. The molecular formula is C23H44O5. The Bertz CT molecular complexity index is 442. The number of esters is 2. The van der Waals surface area contributed by atoms with Crippen molar-refractivity contribution in [2.75, 3.05) is 13.2 Å². The van der Waals surface area contributed by atoms with Gasteiger partial charge in [0.15, 0.2) is 0 Å². The van der Waals surface area contributed by atoms with Gasteiger partial charge in [0.25, 0.3) is 0 Å². The molecule has 0 aromatic rings. The van der Waals surface area contributed by atoms with Crippen LogP contribution in [0.25, 0.3) is 0 Å². The van der Waals surface area contributed by atoms with Gasteiger partial charge in [0, 0.05) is 6.42 Å². The molecule has 5 nitrogen and oxygen atoms in total. The number of rotatable bonds is 16. The average molecular weight is 401 g/mol. The summed E-state index contributed by atoms with van der Waals surface area (Å²) in [5, 5.41) is 10.2. The molecule has 0 spiro atoms. The summed E-state index contributed by atoms with van der Waals surface area (Å²) >= 11 is 0. The zero-order valence-electron chi connectivity index (χ0n) is 19.1. The highest BCUT2D eigenvalue weighted by Gasteiger charge is 2.28. The lowest BCUT2D eigenvalue weighted by molar-refractivity contribution is -0.153. The SMILES string of the molecule is CCOC(=O)CCC(C)(C)CCCC(O)CCCCCC(C)(C)C(=O)OCC. The van der Waals surface area contributed by atoms with Gasteiger partial charge in [-0.15, -0.1) is 0 Å². The van der Waals surface area contributed by atoms with E-state index in [1.54, 1.807) is 0 Å². The van der Waals surface area contributed by atoms with Crippen molar-refractivity contribution >= 4 is 11.9 Å². The Morgan fingerprint density at radius 2 is 1.43 bits per heavy atom. The first-order valence-corrected chi connectivity index (χ1v) is 11.0. The summed E-state index contributed by atoms with van der Waals surface area (Å²) in [7, 11) is 0. The van der Waals surface area contributed by atoms with Gasteiger partial charge < -0.3 is 14.6 Å². The quantitative estimate of drug-likeness (QED) is 0.276. The van der Waals surface area contributed by atoms with Crippen LogP contribution in [0.5, 0.6) is 0 Å². The van der Waals surface area contributed by atoms with Crippen LogP contribution in [0.3, 0.4) is 0 Å². The van der Waals surface area contributed by atoms with Gasteiger partial charge in [-0.05, 0) is 65.2 Å². The van der Waals surface area contributed by atoms with E-state index in [4.69, 9.17) is 9.47 Å².